The SMILES string of the molecule is CN/C(N)=C(\C(=N)N1CCC(c2nc(-c3ccc(F)c(C(F)(F)F)c3)cn2C2CCNCC2)CC1)C(N)=O. The number of primary amides is 1. The Morgan fingerprint density at radius 3 is 2.39 bits per heavy atom. The van der Waals surface area contributed by atoms with E-state index in [1.54, 1.807) is 11.1 Å². The van der Waals surface area contributed by atoms with E-state index in [0.717, 1.165) is 43.9 Å². The highest BCUT2D eigenvalue weighted by atomic mass is 19.4. The molecule has 2 aromatic rings. The van der Waals surface area contributed by atoms with Crippen LogP contribution in [0.3, 0.4) is 0 Å². The van der Waals surface area contributed by atoms with Crippen molar-refractivity contribution < 1.29 is 22.4 Å². The van der Waals surface area contributed by atoms with Crippen LogP contribution in [-0.2, 0) is 11.0 Å². The van der Waals surface area contributed by atoms with Gasteiger partial charge in [-0.15, -0.1) is 0 Å². The zero-order chi connectivity index (χ0) is 27.6. The minimum absolute atomic E-state index is 0.0205. The highest BCUT2D eigenvalue weighted by molar-refractivity contribution is 6.19. The Morgan fingerprint density at radius 2 is 1.82 bits per heavy atom. The summed E-state index contributed by atoms with van der Waals surface area (Å²) in [6.45, 7) is 2.52. The largest absolute Gasteiger partial charge is 0.419 e. The molecule has 9 nitrogen and oxygen atoms in total. The summed E-state index contributed by atoms with van der Waals surface area (Å²) in [5.74, 6) is -1.42. The molecule has 0 unspecified atom stereocenters. The first-order valence-corrected chi connectivity index (χ1v) is 12.5. The standard InChI is InChI=1S/C25H32F4N8O/c1-33-21(30)20(23(32)38)22(31)36-10-6-14(7-11-36)24-35-19(13-37(24)16-4-8-34-9-5-16)15-2-3-18(26)17(12-15)25(27,28)29/h2-3,12-14,16,31,33-34H,4-11,30H2,1H3,(H2,32,38)/b21-20+,31-22?. The van der Waals surface area contributed by atoms with E-state index in [1.165, 1.54) is 13.1 Å². The Hall–Kier alpha value is -3.61. The first-order chi connectivity index (χ1) is 18.0. The van der Waals surface area contributed by atoms with E-state index in [-0.39, 0.29) is 34.8 Å². The number of nitrogens with one attached hydrogen (secondary N) is 3. The highest BCUT2D eigenvalue weighted by Gasteiger charge is 2.35. The fourth-order valence-corrected chi connectivity index (χ4v) is 5.15. The highest BCUT2D eigenvalue weighted by Crippen LogP contribution is 2.37. The summed E-state index contributed by atoms with van der Waals surface area (Å²) >= 11 is 0. The Balaban J connectivity index is 1.62. The number of nitrogens with zero attached hydrogens (tertiary/aromatic N) is 3. The van der Waals surface area contributed by atoms with E-state index >= 15 is 0 Å². The first-order valence-electron chi connectivity index (χ1n) is 12.5. The average Bonchev–Trinajstić information content (AvgIpc) is 3.34. The van der Waals surface area contributed by atoms with Gasteiger partial charge in [-0.2, -0.15) is 13.2 Å². The Labute approximate surface area is 217 Å². The number of amidine groups is 1. The van der Waals surface area contributed by atoms with Crippen LogP contribution in [-0.4, -0.2) is 59.4 Å². The van der Waals surface area contributed by atoms with Gasteiger partial charge in [0.25, 0.3) is 5.91 Å². The summed E-state index contributed by atoms with van der Waals surface area (Å²) in [4.78, 5) is 18.4. The summed E-state index contributed by atoms with van der Waals surface area (Å²) in [5.41, 5.74) is 10.4. The van der Waals surface area contributed by atoms with E-state index in [4.69, 9.17) is 21.9 Å². The monoisotopic (exact) mass is 536 g/mol. The molecule has 2 fully saturated rings. The molecule has 0 radical (unpaired) electrons. The zero-order valence-electron chi connectivity index (χ0n) is 21.0. The predicted octanol–water partition coefficient (Wildman–Crippen LogP) is 2.66. The summed E-state index contributed by atoms with van der Waals surface area (Å²) in [5, 5.41) is 14.5. The minimum Gasteiger partial charge on any atom is -0.385 e. The zero-order valence-corrected chi connectivity index (χ0v) is 21.0. The van der Waals surface area contributed by atoms with E-state index < -0.39 is 23.5 Å². The molecule has 38 heavy (non-hydrogen) atoms. The number of benzene rings is 1. The Morgan fingerprint density at radius 1 is 1.16 bits per heavy atom. The molecule has 13 heteroatoms. The second-order valence-electron chi connectivity index (χ2n) is 9.58. The maximum atomic E-state index is 13.9. The fraction of sp³-hybridized carbons (Fsp3) is 0.480. The van der Waals surface area contributed by atoms with Gasteiger partial charge in [0, 0.05) is 43.9 Å². The molecule has 2 aliphatic rings. The summed E-state index contributed by atoms with van der Waals surface area (Å²) in [6, 6.07) is 3.08. The number of carbonyl (C=O) groups excluding carboxylic acids is 1. The van der Waals surface area contributed by atoms with E-state index in [9.17, 15) is 22.4 Å². The average molecular weight is 537 g/mol. The molecule has 4 rings (SSSR count). The maximum absolute atomic E-state index is 13.9. The van der Waals surface area contributed by atoms with Gasteiger partial charge in [0.1, 0.15) is 28.9 Å². The number of halogens is 4. The van der Waals surface area contributed by atoms with Crippen molar-refractivity contribution in [1.29, 1.82) is 5.41 Å². The van der Waals surface area contributed by atoms with Crippen molar-refractivity contribution in [2.24, 2.45) is 11.5 Å². The van der Waals surface area contributed by atoms with Gasteiger partial charge in [0.2, 0.25) is 0 Å². The molecule has 0 spiro atoms. The molecule has 2 saturated heterocycles. The number of nitrogens with two attached hydrogens (primary N) is 2. The molecule has 7 N–H and O–H groups in total. The Kier molecular flexibility index (Phi) is 7.95. The lowest BCUT2D eigenvalue weighted by Gasteiger charge is -2.35. The number of alkyl halides is 3. The molecule has 206 valence electrons. The van der Waals surface area contributed by atoms with E-state index in [0.29, 0.717) is 31.6 Å². The van der Waals surface area contributed by atoms with E-state index in [2.05, 4.69) is 15.2 Å². The van der Waals surface area contributed by atoms with Crippen LogP contribution in [0, 0.1) is 11.2 Å². The first kappa shape index (κ1) is 27.4. The lowest BCUT2D eigenvalue weighted by molar-refractivity contribution is -0.140. The maximum Gasteiger partial charge on any atom is 0.419 e. The number of carbonyl (C=O) groups is 1. The lowest BCUT2D eigenvalue weighted by atomic mass is 9.94. The van der Waals surface area contributed by atoms with Gasteiger partial charge in [-0.05, 0) is 57.0 Å². The molecule has 0 bridgehead atoms. The normalized spacial score (nSPS) is 18.3. The van der Waals surface area contributed by atoms with Crippen molar-refractivity contribution in [3.63, 3.8) is 0 Å². The van der Waals surface area contributed by atoms with Crippen LogP contribution < -0.4 is 22.1 Å². The molecular formula is C25H32F4N8O. The third-order valence-corrected chi connectivity index (χ3v) is 7.23. The van der Waals surface area contributed by atoms with Gasteiger partial charge < -0.3 is 31.6 Å². The molecular weight excluding hydrogens is 504 g/mol. The smallest absolute Gasteiger partial charge is 0.385 e. The molecule has 2 aliphatic heterocycles. The van der Waals surface area contributed by atoms with Crippen LogP contribution in [0.2, 0.25) is 0 Å². The summed E-state index contributed by atoms with van der Waals surface area (Å²) in [7, 11) is 1.54. The Bertz CT molecular complexity index is 1220. The van der Waals surface area contributed by atoms with Gasteiger partial charge in [-0.25, -0.2) is 9.37 Å². The number of hydrogen-bond acceptors (Lipinski definition) is 6. The minimum atomic E-state index is -4.81. The quantitative estimate of drug-likeness (QED) is 0.167. The van der Waals surface area contributed by atoms with Crippen molar-refractivity contribution in [2.75, 3.05) is 33.2 Å². The molecule has 1 aromatic heterocycles. The number of likely N-dealkylation sites (tertiary alicyclic amines) is 1. The molecule has 1 amide bonds. The van der Waals surface area contributed by atoms with Crippen LogP contribution in [0.15, 0.2) is 35.8 Å². The topological polar surface area (TPSA) is 138 Å². The predicted molar refractivity (Wildman–Crippen MR) is 135 cm³/mol. The number of rotatable bonds is 6. The third kappa shape index (κ3) is 5.62. The fourth-order valence-electron chi connectivity index (χ4n) is 5.15. The number of imidazole rings is 1. The van der Waals surface area contributed by atoms with Crippen LogP contribution in [0.5, 0.6) is 0 Å². The van der Waals surface area contributed by atoms with Gasteiger partial charge >= 0.3 is 6.18 Å². The second-order valence-corrected chi connectivity index (χ2v) is 9.58. The molecule has 0 atom stereocenters. The molecule has 3 heterocycles. The van der Waals surface area contributed by atoms with Crippen LogP contribution in [0.4, 0.5) is 17.6 Å². The summed E-state index contributed by atoms with van der Waals surface area (Å²) in [6.07, 6.45) is -0.139. The van der Waals surface area contributed by atoms with Crippen molar-refractivity contribution >= 4 is 11.7 Å². The number of amides is 1. The van der Waals surface area contributed by atoms with Crippen molar-refractivity contribution in [3.8, 4) is 11.3 Å². The summed E-state index contributed by atoms with van der Waals surface area (Å²) < 4.78 is 56.0. The molecule has 0 aliphatic carbocycles. The second kappa shape index (κ2) is 11.0. The van der Waals surface area contributed by atoms with E-state index in [1.807, 2.05) is 0 Å². The number of hydrogen-bond donors (Lipinski definition) is 5. The third-order valence-electron chi connectivity index (χ3n) is 7.23. The van der Waals surface area contributed by atoms with Gasteiger partial charge in [-0.1, -0.05) is 0 Å². The molecule has 0 saturated carbocycles. The lowest BCUT2D eigenvalue weighted by Crippen LogP contribution is -2.43. The van der Waals surface area contributed by atoms with Gasteiger partial charge in [0.15, 0.2) is 0 Å². The number of aromatic nitrogens is 2. The van der Waals surface area contributed by atoms with Gasteiger partial charge in [-0.3, -0.25) is 10.2 Å². The van der Waals surface area contributed by atoms with Gasteiger partial charge in [0.05, 0.1) is 11.3 Å². The van der Waals surface area contributed by atoms with Crippen molar-refractivity contribution in [3.05, 3.63) is 53.0 Å². The molecule has 1 aromatic carbocycles. The van der Waals surface area contributed by atoms with Crippen molar-refractivity contribution in [1.82, 2.24) is 25.1 Å². The van der Waals surface area contributed by atoms with Crippen LogP contribution in [0.25, 0.3) is 11.3 Å². The van der Waals surface area contributed by atoms with Crippen molar-refractivity contribution in [2.45, 2.75) is 43.8 Å². The van der Waals surface area contributed by atoms with Crippen LogP contribution >= 0.6 is 0 Å². The van der Waals surface area contributed by atoms with Crippen LogP contribution in [0.1, 0.15) is 49.0 Å². The number of piperidine rings is 2.